The predicted molar refractivity (Wildman–Crippen MR) is 74.9 cm³/mol. The lowest BCUT2D eigenvalue weighted by Crippen LogP contribution is -2.45. The van der Waals surface area contributed by atoms with Gasteiger partial charge in [-0.05, 0) is 32.8 Å². The second-order valence-corrected chi connectivity index (χ2v) is 4.67. The monoisotopic (exact) mass is 249 g/mol. The largest absolute Gasteiger partial charge is 0.383 e. The molecule has 4 nitrogen and oxygen atoms in total. The fourth-order valence-corrected chi connectivity index (χ4v) is 1.69. The Morgan fingerprint density at radius 1 is 1.33 bits per heavy atom. The van der Waals surface area contributed by atoms with E-state index in [9.17, 15) is 4.79 Å². The molecule has 0 atom stereocenters. The van der Waals surface area contributed by atoms with Crippen molar-refractivity contribution in [2.75, 3.05) is 11.9 Å². The summed E-state index contributed by atoms with van der Waals surface area (Å²) in [4.78, 5) is 16.3. The van der Waals surface area contributed by atoms with Gasteiger partial charge in [-0.2, -0.15) is 0 Å². The highest BCUT2D eigenvalue weighted by molar-refractivity contribution is 5.99. The highest BCUT2D eigenvalue weighted by atomic mass is 16.1. The third kappa shape index (κ3) is 3.45. The van der Waals surface area contributed by atoms with Crippen LogP contribution in [-0.4, -0.2) is 23.0 Å². The number of amides is 1. The van der Waals surface area contributed by atoms with Crippen molar-refractivity contribution in [3.05, 3.63) is 24.0 Å². The first kappa shape index (κ1) is 14.5. The lowest BCUT2D eigenvalue weighted by Gasteiger charge is -2.28. The summed E-state index contributed by atoms with van der Waals surface area (Å²) < 4.78 is 0. The van der Waals surface area contributed by atoms with Crippen molar-refractivity contribution in [1.82, 2.24) is 10.3 Å². The first-order chi connectivity index (χ1) is 8.56. The molecule has 0 unspecified atom stereocenters. The minimum Gasteiger partial charge on any atom is -0.383 e. The van der Waals surface area contributed by atoms with Crippen molar-refractivity contribution >= 4 is 11.6 Å². The molecule has 0 bridgehead atoms. The minimum absolute atomic E-state index is 0.0421. The number of aromatic nitrogens is 1. The summed E-state index contributed by atoms with van der Waals surface area (Å²) in [6, 6.07) is 1.75. The number of anilines is 1. The van der Waals surface area contributed by atoms with E-state index in [1.54, 1.807) is 18.5 Å². The maximum absolute atomic E-state index is 12.3. The molecule has 0 saturated carbocycles. The first-order valence-electron chi connectivity index (χ1n) is 6.56. The lowest BCUT2D eigenvalue weighted by molar-refractivity contribution is 0.0902. The van der Waals surface area contributed by atoms with E-state index in [0.717, 1.165) is 25.1 Å². The van der Waals surface area contributed by atoms with Crippen molar-refractivity contribution in [2.45, 2.75) is 46.1 Å². The summed E-state index contributed by atoms with van der Waals surface area (Å²) in [7, 11) is 0. The minimum atomic E-state index is -0.149. The number of hydrogen-bond acceptors (Lipinski definition) is 3. The van der Waals surface area contributed by atoms with E-state index in [1.807, 2.05) is 6.92 Å². The molecule has 0 spiro atoms. The summed E-state index contributed by atoms with van der Waals surface area (Å²) in [5, 5.41) is 6.26. The number of nitrogens with one attached hydrogen (secondary N) is 2. The van der Waals surface area contributed by atoms with E-state index in [2.05, 4.69) is 36.4 Å². The average Bonchev–Trinajstić information content (AvgIpc) is 2.39. The molecule has 0 radical (unpaired) electrons. The fraction of sp³-hybridized carbons (Fsp3) is 0.571. The molecule has 1 rings (SSSR count). The van der Waals surface area contributed by atoms with Crippen LogP contribution in [0.4, 0.5) is 5.69 Å². The number of pyridine rings is 1. The maximum Gasteiger partial charge on any atom is 0.253 e. The Labute approximate surface area is 109 Å². The Bertz CT molecular complexity index is 400. The third-order valence-electron chi connectivity index (χ3n) is 3.41. The fourth-order valence-electron chi connectivity index (χ4n) is 1.69. The number of carbonyl (C=O) groups excluding carboxylic acids is 1. The smallest absolute Gasteiger partial charge is 0.253 e. The van der Waals surface area contributed by atoms with Crippen molar-refractivity contribution in [3.63, 3.8) is 0 Å². The van der Waals surface area contributed by atoms with Crippen LogP contribution in [0, 0.1) is 0 Å². The van der Waals surface area contributed by atoms with Crippen molar-refractivity contribution in [1.29, 1.82) is 0 Å². The zero-order chi connectivity index (χ0) is 13.6. The van der Waals surface area contributed by atoms with Gasteiger partial charge >= 0.3 is 0 Å². The van der Waals surface area contributed by atoms with Gasteiger partial charge in [0, 0.05) is 18.3 Å². The molecule has 0 aromatic carbocycles. The van der Waals surface area contributed by atoms with Gasteiger partial charge < -0.3 is 10.6 Å². The zero-order valence-electron chi connectivity index (χ0n) is 11.7. The predicted octanol–water partition coefficient (Wildman–Crippen LogP) is 2.82. The summed E-state index contributed by atoms with van der Waals surface area (Å²) in [5.41, 5.74) is 1.29. The molecule has 2 N–H and O–H groups in total. The Balaban J connectivity index is 2.90. The molecule has 0 saturated heterocycles. The number of hydrogen-bond donors (Lipinski definition) is 2. The molecule has 1 aromatic heterocycles. The molecule has 1 aromatic rings. The summed E-state index contributed by atoms with van der Waals surface area (Å²) >= 11 is 0. The van der Waals surface area contributed by atoms with E-state index in [0.29, 0.717) is 5.56 Å². The van der Waals surface area contributed by atoms with Crippen molar-refractivity contribution in [3.8, 4) is 0 Å². The van der Waals surface area contributed by atoms with Gasteiger partial charge in [-0.3, -0.25) is 9.78 Å². The molecule has 4 heteroatoms. The standard InChI is InChI=1S/C14H23N3O/c1-5-14(4,6-2)17-13(18)11-8-9-15-10-12(11)16-7-3/h8-10,16H,5-7H2,1-4H3,(H,17,18). The summed E-state index contributed by atoms with van der Waals surface area (Å²) in [5.74, 6) is -0.0421. The normalized spacial score (nSPS) is 11.1. The Morgan fingerprint density at radius 3 is 2.56 bits per heavy atom. The van der Waals surface area contributed by atoms with Gasteiger partial charge in [0.1, 0.15) is 0 Å². The molecule has 0 aliphatic rings. The Kier molecular flexibility index (Phi) is 5.13. The van der Waals surface area contributed by atoms with Gasteiger partial charge in [-0.15, -0.1) is 0 Å². The summed E-state index contributed by atoms with van der Waals surface area (Å²) in [6.07, 6.45) is 5.16. The molecule has 0 aliphatic carbocycles. The molecule has 1 heterocycles. The number of carbonyl (C=O) groups is 1. The van der Waals surface area contributed by atoms with Gasteiger partial charge in [0.2, 0.25) is 0 Å². The van der Waals surface area contributed by atoms with E-state index in [4.69, 9.17) is 0 Å². The third-order valence-corrected chi connectivity index (χ3v) is 3.41. The highest BCUT2D eigenvalue weighted by Crippen LogP contribution is 2.18. The maximum atomic E-state index is 12.3. The molecule has 0 fully saturated rings. The Morgan fingerprint density at radius 2 is 2.00 bits per heavy atom. The number of rotatable bonds is 6. The van der Waals surface area contributed by atoms with Gasteiger partial charge in [-0.1, -0.05) is 13.8 Å². The first-order valence-corrected chi connectivity index (χ1v) is 6.56. The van der Waals surface area contributed by atoms with E-state index >= 15 is 0 Å². The zero-order valence-corrected chi connectivity index (χ0v) is 11.7. The number of nitrogens with zero attached hydrogens (tertiary/aromatic N) is 1. The Hall–Kier alpha value is -1.58. The van der Waals surface area contributed by atoms with Crippen LogP contribution >= 0.6 is 0 Å². The molecule has 100 valence electrons. The van der Waals surface area contributed by atoms with Gasteiger partial charge in [-0.25, -0.2) is 0 Å². The quantitative estimate of drug-likeness (QED) is 0.815. The lowest BCUT2D eigenvalue weighted by atomic mass is 9.95. The van der Waals surface area contributed by atoms with Gasteiger partial charge in [0.05, 0.1) is 17.4 Å². The van der Waals surface area contributed by atoms with Crippen molar-refractivity contribution in [2.24, 2.45) is 0 Å². The van der Waals surface area contributed by atoms with Crippen LogP contribution < -0.4 is 10.6 Å². The van der Waals surface area contributed by atoms with Crippen LogP contribution in [0.1, 0.15) is 50.9 Å². The molecule has 18 heavy (non-hydrogen) atoms. The van der Waals surface area contributed by atoms with Crippen LogP contribution in [0.25, 0.3) is 0 Å². The van der Waals surface area contributed by atoms with Crippen LogP contribution in [-0.2, 0) is 0 Å². The second-order valence-electron chi connectivity index (χ2n) is 4.67. The van der Waals surface area contributed by atoms with Crippen LogP contribution in [0.15, 0.2) is 18.5 Å². The molecule has 1 amide bonds. The van der Waals surface area contributed by atoms with Crippen LogP contribution in [0.3, 0.4) is 0 Å². The van der Waals surface area contributed by atoms with Gasteiger partial charge in [0.15, 0.2) is 0 Å². The van der Waals surface area contributed by atoms with Crippen molar-refractivity contribution < 1.29 is 4.79 Å². The van der Waals surface area contributed by atoms with E-state index < -0.39 is 0 Å². The average molecular weight is 249 g/mol. The van der Waals surface area contributed by atoms with E-state index in [1.165, 1.54) is 0 Å². The SMILES string of the molecule is CCNc1cnccc1C(=O)NC(C)(CC)CC. The van der Waals surface area contributed by atoms with Crippen LogP contribution in [0.2, 0.25) is 0 Å². The highest BCUT2D eigenvalue weighted by Gasteiger charge is 2.23. The van der Waals surface area contributed by atoms with E-state index in [-0.39, 0.29) is 11.4 Å². The van der Waals surface area contributed by atoms with Crippen LogP contribution in [0.5, 0.6) is 0 Å². The van der Waals surface area contributed by atoms with Gasteiger partial charge in [0.25, 0.3) is 5.91 Å². The summed E-state index contributed by atoms with van der Waals surface area (Å²) in [6.45, 7) is 9.00. The molecule has 0 aliphatic heterocycles. The molecular formula is C14H23N3O. The molecular weight excluding hydrogens is 226 g/mol. The second kappa shape index (κ2) is 6.38. The topological polar surface area (TPSA) is 54.0 Å².